The van der Waals surface area contributed by atoms with Crippen LogP contribution in [-0.2, 0) is 72.3 Å². The molecule has 0 spiro atoms. The SMILES string of the molecule is C.CCN(C(C)C)C(C)C.C[Si](C)(C)Cl.ClCCl.O=C(OC1C2CC3OS(=O)(=O)C1C3C2)C(F)(F)S(=O)(=O)F.O=C1c2cccc3cccc(c23)C(=O)N1O.O=C1c2cccc3cccc(c23)C(=O)N1OS(=O)(=O)C(F)(F)C(=O)OC1C2CC3OS(=O)(=O)C1C3C2.[B]B([B])[B]. The predicted octanol–water partition coefficient (Wildman–Crippen LogP) is 7.81. The number of nitrogens with zero attached hydrogens (tertiary/aromatic N) is 3. The second-order valence-electron chi connectivity index (χ2n) is 23.7. The van der Waals surface area contributed by atoms with Crippen LogP contribution in [0.25, 0.3) is 21.5 Å². The molecule has 10 atom stereocenters. The average molecular weight is 1490 g/mol. The maximum atomic E-state index is 14.8. The molecule has 6 fully saturated rings. The van der Waals surface area contributed by atoms with E-state index in [-0.39, 0.29) is 58.7 Å². The minimum Gasteiger partial charge on any atom is -0.455 e. The van der Waals surface area contributed by atoms with Crippen LogP contribution in [0.5, 0.6) is 0 Å². The smallest absolute Gasteiger partial charge is 0.455 e. The summed E-state index contributed by atoms with van der Waals surface area (Å²) < 4.78 is 184. The number of halogens is 8. The Morgan fingerprint density at radius 1 is 0.674 bits per heavy atom. The summed E-state index contributed by atoms with van der Waals surface area (Å²) in [6, 6.07) is 20.3. The van der Waals surface area contributed by atoms with E-state index in [1.54, 1.807) is 36.4 Å². The highest BCUT2D eigenvalue weighted by atomic mass is 35.6. The van der Waals surface area contributed by atoms with Crippen molar-refractivity contribution in [3.05, 3.63) is 95.1 Å². The van der Waals surface area contributed by atoms with E-state index in [2.05, 4.69) is 91.4 Å². The van der Waals surface area contributed by atoms with Crippen LogP contribution in [0.3, 0.4) is 0 Å². The molecule has 4 aromatic rings. The van der Waals surface area contributed by atoms with E-state index >= 15 is 0 Å². The molecular formula is C55H65B4Cl3F5N3O20S4Si. The van der Waals surface area contributed by atoms with Crippen LogP contribution in [0.1, 0.15) is 109 Å². The van der Waals surface area contributed by atoms with Gasteiger partial charge in [-0.2, -0.15) is 62.3 Å². The van der Waals surface area contributed by atoms with Gasteiger partial charge in [0.05, 0.1) is 39.8 Å². The first kappa shape index (κ1) is 80.9. The van der Waals surface area contributed by atoms with Gasteiger partial charge in [-0.15, -0.1) is 37.6 Å². The molecule has 4 aliphatic carbocycles. The molecule has 4 aliphatic heterocycles. The van der Waals surface area contributed by atoms with Gasteiger partial charge in [-0.3, -0.25) is 37.7 Å². The number of alkyl halides is 6. The highest BCUT2D eigenvalue weighted by Gasteiger charge is 2.69. The van der Waals surface area contributed by atoms with Gasteiger partial charge in [0.2, 0.25) is 0 Å². The Labute approximate surface area is 567 Å². The Bertz CT molecular complexity index is 3940. The largest absolute Gasteiger partial charge is 0.470 e. The molecule has 4 aromatic carbocycles. The van der Waals surface area contributed by atoms with Crippen LogP contribution >= 0.6 is 34.3 Å². The molecule has 10 unspecified atom stereocenters. The van der Waals surface area contributed by atoms with Gasteiger partial charge < -0.3 is 9.47 Å². The zero-order valence-electron chi connectivity index (χ0n) is 51.1. The lowest BCUT2D eigenvalue weighted by atomic mass is 9.08. The van der Waals surface area contributed by atoms with Gasteiger partial charge in [0.25, 0.3) is 43.9 Å². The molecule has 516 valence electrons. The van der Waals surface area contributed by atoms with E-state index in [0.717, 1.165) is 11.9 Å². The first-order valence-corrected chi connectivity index (χ1v) is 39.8. The number of hydrogen-bond donors (Lipinski definition) is 1. The van der Waals surface area contributed by atoms with Gasteiger partial charge in [0, 0.05) is 76.1 Å². The van der Waals surface area contributed by atoms with Crippen LogP contribution in [-0.4, -0.2) is 196 Å². The standard InChI is InChI=1S/C21H15F2NO10S2.C12H7NO3.C9H9F3O7S2.C8H19N.C3H9ClSi.CH2Cl2.CH4.B4/c22-21(23,20(27)32-16-10-7-13-14(8-10)33-35(28,29)17(13)16)36(30,31)34-24-18(25)11-5-1-3-9-4-2-6-12(15(9)11)19(24)26;14-11-8-5-1-3-7-4-2-6-9(10(7)8)12(15)13(11)16;10-9(11,21(12,16)17)8(13)18-6-3-1-4-5(2-3)19-20(14,15)7(4)6;1-6-9(7(2)3)8(4)5;1-5(2,3)4;2-1-3;;1-4(2)3/h1-6,10,13-14,16-17H,7-8H2;1-6,16H;3-7H,1-2H2;7-8H,6H2,1-5H3;1-3H3;1H2;1H4;. The molecule has 4 bridgehead atoms. The lowest BCUT2D eigenvalue weighted by Crippen LogP contribution is -2.50. The third-order valence-corrected chi connectivity index (χ3v) is 21.2. The average Bonchev–Trinajstić information content (AvgIpc) is 1.60. The lowest BCUT2D eigenvalue weighted by Gasteiger charge is -2.28. The van der Waals surface area contributed by atoms with E-state index in [9.17, 15) is 89.1 Å². The Morgan fingerprint density at radius 3 is 1.26 bits per heavy atom. The fourth-order valence-electron chi connectivity index (χ4n) is 12.3. The summed E-state index contributed by atoms with van der Waals surface area (Å²) in [6.07, 6.45) is -3.93. The second kappa shape index (κ2) is 30.8. The molecule has 1 N–H and O–H groups in total. The fourth-order valence-corrected chi connectivity index (χ4v) is 17.3. The van der Waals surface area contributed by atoms with Crippen molar-refractivity contribution >= 4 is 169 Å². The molecule has 40 heteroatoms. The summed E-state index contributed by atoms with van der Waals surface area (Å²) in [5.74, 6) is -11.4. The third-order valence-electron chi connectivity index (χ3n) is 15.7. The van der Waals surface area contributed by atoms with Crippen LogP contribution < -0.4 is 0 Å². The summed E-state index contributed by atoms with van der Waals surface area (Å²) >= 11 is 15.2. The van der Waals surface area contributed by atoms with Gasteiger partial charge >= 0.3 is 42.8 Å². The Kier molecular flexibility index (Phi) is 26.2. The van der Waals surface area contributed by atoms with Gasteiger partial charge in [-0.25, -0.2) is 9.59 Å². The van der Waals surface area contributed by atoms with Crippen molar-refractivity contribution in [3.8, 4) is 0 Å². The first-order chi connectivity index (χ1) is 43.2. The number of rotatable bonds is 11. The van der Waals surface area contributed by atoms with Crippen molar-refractivity contribution in [1.82, 2.24) is 15.0 Å². The molecular weight excluding hydrogens is 1420 g/mol. The molecule has 4 amide bonds. The maximum Gasteiger partial charge on any atom is 0.470 e. The number of fused-ring (bicyclic) bond motifs is 2. The summed E-state index contributed by atoms with van der Waals surface area (Å²) in [5.41, 5.74) is 0.365. The third kappa shape index (κ3) is 17.3. The minimum atomic E-state index is -6.49. The highest BCUT2D eigenvalue weighted by molar-refractivity contribution is 7.89. The van der Waals surface area contributed by atoms with Gasteiger partial charge in [0.1, 0.15) is 30.1 Å². The number of hydrogen-bond acceptors (Lipinski definition) is 21. The van der Waals surface area contributed by atoms with Gasteiger partial charge in [-0.1, -0.05) is 86.4 Å². The molecule has 23 nitrogen and oxygen atoms in total. The first-order valence-electron chi connectivity index (χ1n) is 28.5. The van der Waals surface area contributed by atoms with E-state index in [0.29, 0.717) is 40.4 Å². The highest BCUT2D eigenvalue weighted by Crippen LogP contribution is 2.57. The van der Waals surface area contributed by atoms with Crippen LogP contribution in [0.2, 0.25) is 19.6 Å². The normalized spacial score (nSPS) is 25.1. The van der Waals surface area contributed by atoms with Crippen LogP contribution in [0, 0.1) is 23.7 Å². The molecule has 8 aliphatic rings. The van der Waals surface area contributed by atoms with Gasteiger partial charge in [-0.05, 0) is 95.0 Å². The number of benzene rings is 4. The van der Waals surface area contributed by atoms with Crippen LogP contribution in [0.15, 0.2) is 72.8 Å². The number of amides is 4. The molecule has 6 radical (unpaired) electrons. The zero-order valence-corrected chi connectivity index (χ0v) is 57.6. The number of hydroxylamine groups is 4. The number of imide groups is 2. The summed E-state index contributed by atoms with van der Waals surface area (Å²) in [7, 11) is -8.19. The predicted molar refractivity (Wildman–Crippen MR) is 346 cm³/mol. The number of esters is 2. The summed E-state index contributed by atoms with van der Waals surface area (Å²) in [6.45, 7) is 18.6. The van der Waals surface area contributed by atoms with E-state index < -0.39 is 159 Å². The molecule has 95 heavy (non-hydrogen) atoms. The Hall–Kier alpha value is -4.78. The van der Waals surface area contributed by atoms with E-state index in [1.807, 2.05) is 12.1 Å². The number of carbonyl (C=O) groups excluding carboxylic acids is 6. The Morgan fingerprint density at radius 2 is 0.979 bits per heavy atom. The lowest BCUT2D eigenvalue weighted by molar-refractivity contribution is -0.170. The minimum absolute atomic E-state index is 0. The molecule has 4 saturated carbocycles. The van der Waals surface area contributed by atoms with E-state index in [4.69, 9.17) is 47.4 Å². The van der Waals surface area contributed by atoms with Crippen molar-refractivity contribution in [2.75, 3.05) is 11.9 Å². The maximum absolute atomic E-state index is 14.8. The fraction of sp³-hybridized carbons (Fsp3) is 0.527. The molecule has 2 saturated heterocycles. The molecule has 0 aromatic heterocycles. The van der Waals surface area contributed by atoms with Crippen LogP contribution in [0.4, 0.5) is 21.4 Å². The van der Waals surface area contributed by atoms with Crippen molar-refractivity contribution in [3.63, 3.8) is 0 Å². The van der Waals surface area contributed by atoms with Crippen molar-refractivity contribution < 1.29 is 111 Å². The summed E-state index contributed by atoms with van der Waals surface area (Å²) in [5, 5.41) is -1.94. The van der Waals surface area contributed by atoms with Crippen molar-refractivity contribution in [2.24, 2.45) is 23.7 Å². The number of carbonyl (C=O) groups is 6. The monoisotopic (exact) mass is 1490 g/mol. The van der Waals surface area contributed by atoms with Crippen molar-refractivity contribution in [2.45, 2.75) is 145 Å². The molecule has 12 rings (SSSR count). The Balaban J connectivity index is 0.000000235. The van der Waals surface area contributed by atoms with E-state index in [1.165, 1.54) is 24.3 Å². The molecule has 4 heterocycles. The zero-order chi connectivity index (χ0) is 71.1. The van der Waals surface area contributed by atoms with Gasteiger partial charge in [0.15, 0.2) is 0 Å². The topological polar surface area (TPSA) is 315 Å². The second-order valence-corrected chi connectivity index (χ2v) is 38.5. The summed E-state index contributed by atoms with van der Waals surface area (Å²) in [4.78, 5) is 74.9. The quantitative estimate of drug-likeness (QED) is 0.0172. The number of ether oxygens (including phenoxy) is 2. The van der Waals surface area contributed by atoms with Crippen molar-refractivity contribution in [1.29, 1.82) is 0 Å².